The van der Waals surface area contributed by atoms with Crippen LogP contribution in [-0.4, -0.2) is 42.3 Å². The van der Waals surface area contributed by atoms with Crippen LogP contribution in [0.25, 0.3) is 11.6 Å². The van der Waals surface area contributed by atoms with E-state index in [1.54, 1.807) is 41.3 Å². The summed E-state index contributed by atoms with van der Waals surface area (Å²) < 4.78 is 1.04. The first kappa shape index (κ1) is 18.8. The Morgan fingerprint density at radius 3 is 2.46 bits per heavy atom. The standard InChI is InChI=1S/C19H16Br2N2O3/c1-23(2)9-17(24)11-3-4-16-12(8-11)13(19(26)22-16)5-10-6-14(20)18(25)15(21)7-10/h3-8,25H,9H2,1-2H3,(H,22,26). The van der Waals surface area contributed by atoms with E-state index < -0.39 is 0 Å². The second kappa shape index (κ2) is 7.34. The van der Waals surface area contributed by atoms with Crippen LogP contribution in [0.1, 0.15) is 21.5 Å². The van der Waals surface area contributed by atoms with Crippen LogP contribution < -0.4 is 5.32 Å². The molecule has 2 N–H and O–H groups in total. The number of halogens is 2. The van der Waals surface area contributed by atoms with E-state index in [9.17, 15) is 14.7 Å². The van der Waals surface area contributed by atoms with Crippen molar-refractivity contribution in [2.24, 2.45) is 0 Å². The number of amides is 1. The highest BCUT2D eigenvalue weighted by molar-refractivity contribution is 9.11. The Hall–Kier alpha value is -1.96. The first-order valence-corrected chi connectivity index (χ1v) is 9.38. The van der Waals surface area contributed by atoms with E-state index in [4.69, 9.17) is 0 Å². The Labute approximate surface area is 168 Å². The molecule has 0 aliphatic carbocycles. The van der Waals surface area contributed by atoms with Gasteiger partial charge in [-0.15, -0.1) is 0 Å². The van der Waals surface area contributed by atoms with Gasteiger partial charge in [0.15, 0.2) is 5.78 Å². The van der Waals surface area contributed by atoms with Crippen molar-refractivity contribution in [2.45, 2.75) is 0 Å². The third-order valence-corrected chi connectivity index (χ3v) is 5.14. The number of rotatable bonds is 4. The Morgan fingerprint density at radius 2 is 1.85 bits per heavy atom. The average molecular weight is 480 g/mol. The molecule has 0 bridgehead atoms. The van der Waals surface area contributed by atoms with Crippen molar-refractivity contribution in [3.63, 3.8) is 0 Å². The molecule has 0 saturated heterocycles. The molecule has 26 heavy (non-hydrogen) atoms. The zero-order valence-corrected chi connectivity index (χ0v) is 17.3. The molecular formula is C19H16Br2N2O3. The van der Waals surface area contributed by atoms with Crippen LogP contribution in [0, 0.1) is 0 Å². The van der Waals surface area contributed by atoms with Gasteiger partial charge < -0.3 is 15.3 Å². The highest BCUT2D eigenvalue weighted by atomic mass is 79.9. The van der Waals surface area contributed by atoms with Crippen molar-refractivity contribution in [3.05, 3.63) is 56.0 Å². The van der Waals surface area contributed by atoms with Crippen molar-refractivity contribution in [2.75, 3.05) is 26.0 Å². The van der Waals surface area contributed by atoms with Gasteiger partial charge in [0.05, 0.1) is 15.5 Å². The van der Waals surface area contributed by atoms with Crippen molar-refractivity contribution < 1.29 is 14.7 Å². The first-order valence-electron chi connectivity index (χ1n) is 7.79. The van der Waals surface area contributed by atoms with E-state index in [1.165, 1.54) is 0 Å². The molecule has 2 aromatic rings. The summed E-state index contributed by atoms with van der Waals surface area (Å²) in [4.78, 5) is 26.5. The molecule has 0 atom stereocenters. The van der Waals surface area contributed by atoms with Gasteiger partial charge in [0.2, 0.25) is 0 Å². The number of ketones is 1. The van der Waals surface area contributed by atoms with Crippen LogP contribution in [0.4, 0.5) is 5.69 Å². The fourth-order valence-corrected chi connectivity index (χ4v) is 3.94. The molecular weight excluding hydrogens is 464 g/mol. The lowest BCUT2D eigenvalue weighted by molar-refractivity contribution is -0.110. The predicted octanol–water partition coefficient (Wildman–Crippen LogP) is 4.15. The number of aromatic hydroxyl groups is 1. The molecule has 1 aliphatic rings. The zero-order valence-electron chi connectivity index (χ0n) is 14.1. The zero-order chi connectivity index (χ0) is 19.0. The smallest absolute Gasteiger partial charge is 0.256 e. The summed E-state index contributed by atoms with van der Waals surface area (Å²) >= 11 is 6.58. The number of fused-ring (bicyclic) bond motifs is 1. The number of anilines is 1. The predicted molar refractivity (Wildman–Crippen MR) is 109 cm³/mol. The van der Waals surface area contributed by atoms with E-state index in [-0.39, 0.29) is 17.4 Å². The second-order valence-corrected chi connectivity index (χ2v) is 7.98. The summed E-state index contributed by atoms with van der Waals surface area (Å²) in [5.74, 6) is -0.135. The van der Waals surface area contributed by atoms with E-state index in [2.05, 4.69) is 37.2 Å². The number of Topliss-reactive ketones (excluding diaryl/α,β-unsaturated/α-hetero) is 1. The van der Waals surface area contributed by atoms with E-state index in [0.29, 0.717) is 37.9 Å². The summed E-state index contributed by atoms with van der Waals surface area (Å²) in [6.07, 6.45) is 1.73. The number of carbonyl (C=O) groups excluding carboxylic acids is 2. The van der Waals surface area contributed by atoms with Crippen LogP contribution in [0.15, 0.2) is 39.3 Å². The second-order valence-electron chi connectivity index (χ2n) is 6.27. The molecule has 7 heteroatoms. The lowest BCUT2D eigenvalue weighted by atomic mass is 10.00. The van der Waals surface area contributed by atoms with Gasteiger partial charge in [-0.3, -0.25) is 9.59 Å². The van der Waals surface area contributed by atoms with E-state index in [1.807, 2.05) is 14.1 Å². The van der Waals surface area contributed by atoms with Crippen molar-refractivity contribution in [1.82, 2.24) is 4.90 Å². The summed E-state index contributed by atoms with van der Waals surface area (Å²) in [7, 11) is 3.67. The van der Waals surface area contributed by atoms with Gasteiger partial charge in [-0.05, 0) is 87.9 Å². The van der Waals surface area contributed by atoms with E-state index >= 15 is 0 Å². The summed E-state index contributed by atoms with van der Waals surface area (Å²) in [5.41, 5.74) is 3.15. The van der Waals surface area contributed by atoms with Crippen LogP contribution in [-0.2, 0) is 4.79 Å². The largest absolute Gasteiger partial charge is 0.506 e. The Morgan fingerprint density at radius 1 is 1.19 bits per heavy atom. The Balaban J connectivity index is 2.04. The lowest BCUT2D eigenvalue weighted by Gasteiger charge is -2.09. The number of hydrogen-bond acceptors (Lipinski definition) is 4. The molecule has 2 aromatic carbocycles. The number of benzene rings is 2. The molecule has 1 amide bonds. The quantitative estimate of drug-likeness (QED) is 0.510. The maximum absolute atomic E-state index is 12.4. The molecule has 0 radical (unpaired) electrons. The van der Waals surface area contributed by atoms with Gasteiger partial charge in [-0.1, -0.05) is 0 Å². The number of nitrogens with zero attached hydrogens (tertiary/aromatic N) is 1. The molecule has 1 aliphatic heterocycles. The summed E-state index contributed by atoms with van der Waals surface area (Å²) in [6.45, 7) is 0.303. The fourth-order valence-electron chi connectivity index (χ4n) is 2.72. The topological polar surface area (TPSA) is 69.6 Å². The minimum absolute atomic E-state index is 0.00776. The fraction of sp³-hybridized carbons (Fsp3) is 0.158. The van der Waals surface area contributed by atoms with Crippen LogP contribution in [0.2, 0.25) is 0 Å². The monoisotopic (exact) mass is 478 g/mol. The molecule has 0 saturated carbocycles. The third-order valence-electron chi connectivity index (χ3n) is 3.93. The maximum atomic E-state index is 12.4. The molecule has 0 aromatic heterocycles. The Bertz CT molecular complexity index is 929. The molecule has 0 fully saturated rings. The van der Waals surface area contributed by atoms with Crippen LogP contribution in [0.5, 0.6) is 5.75 Å². The molecule has 1 heterocycles. The molecule has 134 valence electrons. The maximum Gasteiger partial charge on any atom is 0.256 e. The number of carbonyl (C=O) groups is 2. The number of hydrogen-bond donors (Lipinski definition) is 2. The minimum Gasteiger partial charge on any atom is -0.506 e. The Kier molecular flexibility index (Phi) is 5.32. The van der Waals surface area contributed by atoms with Crippen LogP contribution >= 0.6 is 31.9 Å². The number of phenols is 1. The molecule has 0 spiro atoms. The van der Waals surface area contributed by atoms with Crippen molar-refractivity contribution >= 4 is 60.9 Å². The van der Waals surface area contributed by atoms with Gasteiger partial charge >= 0.3 is 0 Å². The van der Waals surface area contributed by atoms with E-state index in [0.717, 1.165) is 5.56 Å². The molecule has 5 nitrogen and oxygen atoms in total. The molecule has 0 unspecified atom stereocenters. The minimum atomic E-state index is -0.225. The SMILES string of the molecule is CN(C)CC(=O)c1ccc2c(c1)C(=Cc1cc(Br)c(O)c(Br)c1)C(=O)N2. The molecule has 3 rings (SSSR count). The first-order chi connectivity index (χ1) is 12.3. The lowest BCUT2D eigenvalue weighted by Crippen LogP contribution is -2.21. The van der Waals surface area contributed by atoms with Gasteiger partial charge in [0.1, 0.15) is 5.75 Å². The third kappa shape index (κ3) is 3.75. The number of nitrogens with one attached hydrogen (secondary N) is 1. The van der Waals surface area contributed by atoms with Gasteiger partial charge in [0.25, 0.3) is 5.91 Å². The number of phenolic OH excluding ortho intramolecular Hbond substituents is 1. The van der Waals surface area contributed by atoms with Gasteiger partial charge in [-0.2, -0.15) is 0 Å². The van der Waals surface area contributed by atoms with Crippen molar-refractivity contribution in [1.29, 1.82) is 0 Å². The van der Waals surface area contributed by atoms with Gasteiger partial charge in [-0.25, -0.2) is 0 Å². The summed E-state index contributed by atoms with van der Waals surface area (Å²) in [5, 5.41) is 12.6. The van der Waals surface area contributed by atoms with Crippen LogP contribution in [0.3, 0.4) is 0 Å². The highest BCUT2D eigenvalue weighted by Gasteiger charge is 2.25. The van der Waals surface area contributed by atoms with Gasteiger partial charge in [0, 0.05) is 22.4 Å². The van der Waals surface area contributed by atoms with Crippen molar-refractivity contribution in [3.8, 4) is 5.75 Å². The average Bonchev–Trinajstić information content (AvgIpc) is 2.87. The normalized spacial score (nSPS) is 14.7. The highest BCUT2D eigenvalue weighted by Crippen LogP contribution is 2.37. The summed E-state index contributed by atoms with van der Waals surface area (Å²) in [6, 6.07) is 8.66. The number of likely N-dealkylation sites (N-methyl/N-ethyl adjacent to an activating group) is 1.